The van der Waals surface area contributed by atoms with E-state index in [1.165, 1.54) is 0 Å². The first kappa shape index (κ1) is 22.5. The van der Waals surface area contributed by atoms with E-state index >= 15 is 0 Å². The molecule has 3 heterocycles. The number of aliphatic hydroxyl groups is 1. The number of hydrogen-bond donors (Lipinski definition) is 3. The molecule has 1 aromatic carbocycles. The molecule has 3 aromatic heterocycles. The molecular weight excluding hydrogens is 456 g/mol. The molecule has 0 radical (unpaired) electrons. The van der Waals surface area contributed by atoms with Crippen molar-refractivity contribution in [3.8, 4) is 22.8 Å². The minimum absolute atomic E-state index is 0.0284. The predicted octanol–water partition coefficient (Wildman–Crippen LogP) is 3.97. The molecule has 9 heteroatoms. The van der Waals surface area contributed by atoms with Gasteiger partial charge in [-0.25, -0.2) is 0 Å². The zero-order chi connectivity index (χ0) is 24.6. The number of fused-ring (bicyclic) bond motifs is 1. The summed E-state index contributed by atoms with van der Waals surface area (Å²) in [6, 6.07) is 11.6. The Hall–Kier alpha value is -3.98. The van der Waals surface area contributed by atoms with Crippen molar-refractivity contribution in [2.45, 2.75) is 44.8 Å². The van der Waals surface area contributed by atoms with E-state index in [0.717, 1.165) is 54.7 Å². The monoisotopic (exact) mass is 484 g/mol. The zero-order valence-corrected chi connectivity index (χ0v) is 20.0. The van der Waals surface area contributed by atoms with Gasteiger partial charge in [0.15, 0.2) is 5.65 Å². The van der Waals surface area contributed by atoms with Crippen molar-refractivity contribution in [1.29, 1.82) is 0 Å². The first-order valence-electron chi connectivity index (χ1n) is 12.3. The number of amides is 1. The van der Waals surface area contributed by atoms with Gasteiger partial charge in [-0.2, -0.15) is 14.6 Å². The first-order valence-corrected chi connectivity index (χ1v) is 12.3. The van der Waals surface area contributed by atoms with Crippen LogP contribution in [-0.4, -0.2) is 49.3 Å². The van der Waals surface area contributed by atoms with Crippen LogP contribution in [0.5, 0.6) is 11.6 Å². The molecule has 36 heavy (non-hydrogen) atoms. The number of aliphatic hydroxyl groups excluding tert-OH is 1. The lowest BCUT2D eigenvalue weighted by Crippen LogP contribution is -2.33. The molecule has 184 valence electrons. The molecule has 2 fully saturated rings. The molecule has 0 spiro atoms. The second-order valence-corrected chi connectivity index (χ2v) is 9.71. The number of carbonyl (C=O) groups is 1. The van der Waals surface area contributed by atoms with E-state index in [0.29, 0.717) is 34.8 Å². The summed E-state index contributed by atoms with van der Waals surface area (Å²) in [5, 5.41) is 20.8. The molecule has 6 rings (SSSR count). The Labute approximate surface area is 208 Å². The van der Waals surface area contributed by atoms with E-state index in [1.54, 1.807) is 23.1 Å². The smallest absolute Gasteiger partial charge is 0.251 e. The van der Waals surface area contributed by atoms with Gasteiger partial charge >= 0.3 is 0 Å². The number of ether oxygens (including phenoxy) is 1. The highest BCUT2D eigenvalue weighted by Crippen LogP contribution is 2.32. The zero-order valence-electron chi connectivity index (χ0n) is 20.0. The van der Waals surface area contributed by atoms with Crippen LogP contribution in [0.1, 0.15) is 41.6 Å². The number of nitrogens with zero attached hydrogens (tertiary/aromatic N) is 4. The van der Waals surface area contributed by atoms with Gasteiger partial charge in [0, 0.05) is 36.0 Å². The minimum Gasteiger partial charge on any atom is -0.437 e. The summed E-state index contributed by atoms with van der Waals surface area (Å²) in [4.78, 5) is 21.5. The average Bonchev–Trinajstić information content (AvgIpc) is 3.56. The van der Waals surface area contributed by atoms with E-state index in [1.807, 2.05) is 43.3 Å². The fourth-order valence-corrected chi connectivity index (χ4v) is 4.54. The number of hydrogen-bond acceptors (Lipinski definition) is 7. The lowest BCUT2D eigenvalue weighted by atomic mass is 9.82. The van der Waals surface area contributed by atoms with Crippen LogP contribution in [0.25, 0.3) is 16.8 Å². The third kappa shape index (κ3) is 4.61. The fourth-order valence-electron chi connectivity index (χ4n) is 4.54. The molecule has 0 atom stereocenters. The van der Waals surface area contributed by atoms with E-state index < -0.39 is 0 Å². The molecule has 0 bridgehead atoms. The third-order valence-electron chi connectivity index (χ3n) is 6.78. The molecule has 4 aromatic rings. The van der Waals surface area contributed by atoms with E-state index in [9.17, 15) is 9.90 Å². The number of aromatic nitrogens is 4. The van der Waals surface area contributed by atoms with Crippen LogP contribution in [0.2, 0.25) is 0 Å². The van der Waals surface area contributed by atoms with Crippen LogP contribution >= 0.6 is 0 Å². The van der Waals surface area contributed by atoms with Crippen LogP contribution in [0.3, 0.4) is 0 Å². The maximum absolute atomic E-state index is 12.6. The standard InChI is InChI=1S/C27H28N6O3/c1-16-9-18(4-7-22(16)27(35)31-19-5-6-19)23-15-30-33-24(29-13-17-10-20(34)11-17)12-25(32-26(23)33)36-21-3-2-8-28-14-21/h2-4,7-9,12,14-15,17,19-20,29,34H,5-6,10-11,13H2,1H3,(H,31,35). The summed E-state index contributed by atoms with van der Waals surface area (Å²) in [7, 11) is 0. The maximum Gasteiger partial charge on any atom is 0.251 e. The number of pyridine rings is 1. The Kier molecular flexibility index (Phi) is 5.77. The summed E-state index contributed by atoms with van der Waals surface area (Å²) in [5.74, 6) is 2.15. The Balaban J connectivity index is 1.34. The molecule has 0 saturated heterocycles. The Morgan fingerprint density at radius 1 is 1.19 bits per heavy atom. The van der Waals surface area contributed by atoms with Crippen molar-refractivity contribution in [2.75, 3.05) is 11.9 Å². The molecular formula is C27H28N6O3. The van der Waals surface area contributed by atoms with Crippen LogP contribution in [0.4, 0.5) is 5.82 Å². The van der Waals surface area contributed by atoms with Crippen molar-refractivity contribution in [1.82, 2.24) is 24.9 Å². The number of rotatable bonds is 8. The van der Waals surface area contributed by atoms with E-state index in [2.05, 4.69) is 20.7 Å². The lowest BCUT2D eigenvalue weighted by Gasteiger charge is -2.31. The highest BCUT2D eigenvalue weighted by molar-refractivity contribution is 5.97. The van der Waals surface area contributed by atoms with Gasteiger partial charge in [-0.05, 0) is 67.9 Å². The van der Waals surface area contributed by atoms with Gasteiger partial charge in [-0.3, -0.25) is 9.78 Å². The van der Waals surface area contributed by atoms with Gasteiger partial charge in [-0.1, -0.05) is 12.1 Å². The number of nitrogens with one attached hydrogen (secondary N) is 2. The van der Waals surface area contributed by atoms with Crippen molar-refractivity contribution in [3.05, 3.63) is 66.1 Å². The topological polar surface area (TPSA) is 114 Å². The molecule has 2 saturated carbocycles. The third-order valence-corrected chi connectivity index (χ3v) is 6.78. The van der Waals surface area contributed by atoms with Gasteiger partial charge < -0.3 is 20.5 Å². The Morgan fingerprint density at radius 2 is 2.06 bits per heavy atom. The van der Waals surface area contributed by atoms with E-state index in [4.69, 9.17) is 9.72 Å². The van der Waals surface area contributed by atoms with Crippen molar-refractivity contribution >= 4 is 17.4 Å². The Morgan fingerprint density at radius 3 is 2.78 bits per heavy atom. The highest BCUT2D eigenvalue weighted by Gasteiger charge is 2.27. The quantitative estimate of drug-likeness (QED) is 0.347. The van der Waals surface area contributed by atoms with Crippen molar-refractivity contribution in [3.63, 3.8) is 0 Å². The second kappa shape index (κ2) is 9.23. The average molecular weight is 485 g/mol. The van der Waals surface area contributed by atoms with Gasteiger partial charge in [0.1, 0.15) is 11.6 Å². The summed E-state index contributed by atoms with van der Waals surface area (Å²) in [6.45, 7) is 2.67. The number of anilines is 1. The van der Waals surface area contributed by atoms with E-state index in [-0.39, 0.29) is 12.0 Å². The first-order chi connectivity index (χ1) is 17.5. The van der Waals surface area contributed by atoms with Gasteiger partial charge in [0.05, 0.1) is 18.5 Å². The van der Waals surface area contributed by atoms with Crippen LogP contribution < -0.4 is 15.4 Å². The largest absolute Gasteiger partial charge is 0.437 e. The number of aryl methyl sites for hydroxylation is 1. The molecule has 0 aliphatic heterocycles. The number of carbonyl (C=O) groups excluding carboxylic acids is 1. The summed E-state index contributed by atoms with van der Waals surface area (Å²) >= 11 is 0. The van der Waals surface area contributed by atoms with Crippen LogP contribution in [0, 0.1) is 12.8 Å². The number of benzene rings is 1. The lowest BCUT2D eigenvalue weighted by molar-refractivity contribution is 0.0486. The van der Waals surface area contributed by atoms with Crippen LogP contribution in [0.15, 0.2) is 55.0 Å². The van der Waals surface area contributed by atoms with Crippen molar-refractivity contribution < 1.29 is 14.6 Å². The van der Waals surface area contributed by atoms with Crippen LogP contribution in [-0.2, 0) is 0 Å². The van der Waals surface area contributed by atoms with Gasteiger partial charge in [-0.15, -0.1) is 0 Å². The summed E-state index contributed by atoms with van der Waals surface area (Å²) in [6.07, 6.45) is 8.61. The maximum atomic E-state index is 12.6. The second-order valence-electron chi connectivity index (χ2n) is 9.71. The molecule has 0 unspecified atom stereocenters. The molecule has 9 nitrogen and oxygen atoms in total. The van der Waals surface area contributed by atoms with Crippen molar-refractivity contribution in [2.24, 2.45) is 5.92 Å². The molecule has 2 aliphatic carbocycles. The molecule has 2 aliphatic rings. The van der Waals surface area contributed by atoms with Gasteiger partial charge in [0.25, 0.3) is 5.91 Å². The summed E-state index contributed by atoms with van der Waals surface area (Å²) in [5.41, 5.74) is 3.98. The SMILES string of the molecule is Cc1cc(-c2cnn3c(NCC4CC(O)C4)cc(Oc4cccnc4)nc23)ccc1C(=O)NC1CC1. The predicted molar refractivity (Wildman–Crippen MR) is 135 cm³/mol. The normalized spacial score (nSPS) is 19.1. The Bertz CT molecular complexity index is 1410. The summed E-state index contributed by atoms with van der Waals surface area (Å²) < 4.78 is 7.79. The fraction of sp³-hybridized carbons (Fsp3) is 0.333. The minimum atomic E-state index is -0.201. The highest BCUT2D eigenvalue weighted by atomic mass is 16.5. The molecule has 3 N–H and O–H groups in total. The van der Waals surface area contributed by atoms with Gasteiger partial charge in [0.2, 0.25) is 5.88 Å². The molecule has 1 amide bonds.